The van der Waals surface area contributed by atoms with Crippen molar-refractivity contribution in [3.05, 3.63) is 22.7 Å². The zero-order valence-electron chi connectivity index (χ0n) is 6.71. The summed E-state index contributed by atoms with van der Waals surface area (Å²) in [6.07, 6.45) is 0.345. The Morgan fingerprint density at radius 3 is 3.00 bits per heavy atom. The van der Waals surface area contributed by atoms with Crippen LogP contribution < -0.4 is 4.74 Å². The standard InChI is InChI=1S/C9H7ClO3/c10-6-3-5(11)4-8-9(6)7(12)1-2-13-8/h3-4,11H,1-2H2. The molecule has 13 heavy (non-hydrogen) atoms. The quantitative estimate of drug-likeness (QED) is 0.694. The maximum atomic E-state index is 11.4. The minimum Gasteiger partial charge on any atom is -0.508 e. The second-order valence-corrected chi connectivity index (χ2v) is 3.23. The minimum absolute atomic E-state index is 0.0125. The third-order valence-corrected chi connectivity index (χ3v) is 2.20. The number of halogens is 1. The maximum Gasteiger partial charge on any atom is 0.171 e. The molecule has 0 aromatic heterocycles. The van der Waals surface area contributed by atoms with Gasteiger partial charge in [0.2, 0.25) is 0 Å². The molecule has 0 aliphatic carbocycles. The fraction of sp³-hybridized carbons (Fsp3) is 0.222. The van der Waals surface area contributed by atoms with E-state index in [0.29, 0.717) is 24.3 Å². The lowest BCUT2D eigenvalue weighted by molar-refractivity contribution is 0.0933. The van der Waals surface area contributed by atoms with Crippen LogP contribution in [0.2, 0.25) is 5.02 Å². The summed E-state index contributed by atoms with van der Waals surface area (Å²) in [7, 11) is 0. The normalized spacial score (nSPS) is 15.0. The molecule has 3 nitrogen and oxygen atoms in total. The molecule has 1 N–H and O–H groups in total. The van der Waals surface area contributed by atoms with Crippen LogP contribution in [0.15, 0.2) is 12.1 Å². The molecule has 0 bridgehead atoms. The van der Waals surface area contributed by atoms with Gasteiger partial charge in [0.05, 0.1) is 17.2 Å². The molecule has 68 valence electrons. The highest BCUT2D eigenvalue weighted by atomic mass is 35.5. The van der Waals surface area contributed by atoms with Crippen LogP contribution in [0, 0.1) is 0 Å². The fourth-order valence-electron chi connectivity index (χ4n) is 1.33. The topological polar surface area (TPSA) is 46.5 Å². The van der Waals surface area contributed by atoms with Gasteiger partial charge in [-0.2, -0.15) is 0 Å². The van der Waals surface area contributed by atoms with Gasteiger partial charge >= 0.3 is 0 Å². The number of hydrogen-bond acceptors (Lipinski definition) is 3. The molecule has 0 amide bonds. The number of ketones is 1. The number of rotatable bonds is 0. The van der Waals surface area contributed by atoms with Crippen LogP contribution in [0.4, 0.5) is 0 Å². The van der Waals surface area contributed by atoms with Crippen LogP contribution in [0.3, 0.4) is 0 Å². The van der Waals surface area contributed by atoms with Gasteiger partial charge in [-0.15, -0.1) is 0 Å². The number of benzene rings is 1. The van der Waals surface area contributed by atoms with E-state index in [9.17, 15) is 9.90 Å². The highest BCUT2D eigenvalue weighted by molar-refractivity contribution is 6.34. The molecular weight excluding hydrogens is 192 g/mol. The van der Waals surface area contributed by atoms with E-state index < -0.39 is 0 Å². The van der Waals surface area contributed by atoms with Crippen LogP contribution in [-0.2, 0) is 0 Å². The first kappa shape index (κ1) is 8.38. The number of carbonyl (C=O) groups excluding carboxylic acids is 1. The van der Waals surface area contributed by atoms with Crippen LogP contribution in [0.5, 0.6) is 11.5 Å². The Hall–Kier alpha value is -1.22. The first-order valence-corrected chi connectivity index (χ1v) is 4.25. The van der Waals surface area contributed by atoms with E-state index in [0.717, 1.165) is 0 Å². The minimum atomic E-state index is -0.0359. The molecule has 1 heterocycles. The monoisotopic (exact) mass is 198 g/mol. The van der Waals surface area contributed by atoms with Gasteiger partial charge in [0.1, 0.15) is 11.5 Å². The second kappa shape index (κ2) is 2.92. The van der Waals surface area contributed by atoms with Gasteiger partial charge in [0, 0.05) is 12.5 Å². The number of ether oxygens (including phenoxy) is 1. The van der Waals surface area contributed by atoms with Gasteiger partial charge in [-0.05, 0) is 6.07 Å². The Morgan fingerprint density at radius 1 is 1.46 bits per heavy atom. The number of hydrogen-bond donors (Lipinski definition) is 1. The number of carbonyl (C=O) groups is 1. The molecule has 0 radical (unpaired) electrons. The maximum absolute atomic E-state index is 11.4. The first-order valence-electron chi connectivity index (χ1n) is 3.87. The molecule has 2 rings (SSSR count). The Balaban J connectivity index is 2.63. The Bertz CT molecular complexity index is 373. The van der Waals surface area contributed by atoms with Gasteiger partial charge in [0.25, 0.3) is 0 Å². The smallest absolute Gasteiger partial charge is 0.171 e. The second-order valence-electron chi connectivity index (χ2n) is 2.82. The fourth-order valence-corrected chi connectivity index (χ4v) is 1.64. The zero-order valence-corrected chi connectivity index (χ0v) is 7.47. The highest BCUT2D eigenvalue weighted by Crippen LogP contribution is 2.34. The van der Waals surface area contributed by atoms with E-state index >= 15 is 0 Å². The summed E-state index contributed by atoms with van der Waals surface area (Å²) in [6.45, 7) is 0.353. The molecule has 1 aliphatic heterocycles. The number of fused-ring (bicyclic) bond motifs is 1. The molecule has 1 aliphatic rings. The van der Waals surface area contributed by atoms with Crippen LogP contribution in [0.25, 0.3) is 0 Å². The molecule has 4 heteroatoms. The third-order valence-electron chi connectivity index (χ3n) is 1.90. The highest BCUT2D eigenvalue weighted by Gasteiger charge is 2.22. The SMILES string of the molecule is O=C1CCOc2cc(O)cc(Cl)c21. The first-order chi connectivity index (χ1) is 6.18. The molecule has 0 spiro atoms. The van der Waals surface area contributed by atoms with Crippen LogP contribution >= 0.6 is 11.6 Å². The number of phenols is 1. The van der Waals surface area contributed by atoms with Gasteiger partial charge in [-0.3, -0.25) is 4.79 Å². The van der Waals surface area contributed by atoms with Crippen molar-refractivity contribution in [2.75, 3.05) is 6.61 Å². The lowest BCUT2D eigenvalue weighted by atomic mass is 10.0. The third kappa shape index (κ3) is 1.35. The summed E-state index contributed by atoms with van der Waals surface area (Å²) in [4.78, 5) is 11.4. The van der Waals surface area contributed by atoms with Crippen molar-refractivity contribution in [1.29, 1.82) is 0 Å². The van der Waals surface area contributed by atoms with Crippen LogP contribution in [-0.4, -0.2) is 17.5 Å². The van der Waals surface area contributed by atoms with Crippen molar-refractivity contribution < 1.29 is 14.6 Å². The molecule has 0 saturated carbocycles. The molecule has 1 aromatic carbocycles. The van der Waals surface area contributed by atoms with E-state index in [1.165, 1.54) is 12.1 Å². The average Bonchev–Trinajstić information content (AvgIpc) is 2.02. The van der Waals surface area contributed by atoms with Gasteiger partial charge in [-0.1, -0.05) is 11.6 Å². The van der Waals surface area contributed by atoms with Gasteiger partial charge in [-0.25, -0.2) is 0 Å². The van der Waals surface area contributed by atoms with Gasteiger partial charge < -0.3 is 9.84 Å². The molecule has 0 atom stereocenters. The summed E-state index contributed by atoms with van der Waals surface area (Å²) in [6, 6.07) is 2.74. The average molecular weight is 199 g/mol. The predicted molar refractivity (Wildman–Crippen MR) is 47.6 cm³/mol. The number of phenolic OH excluding ortho intramolecular Hbond substituents is 1. The lowest BCUT2D eigenvalue weighted by Gasteiger charge is -2.17. The Kier molecular flexibility index (Phi) is 1.88. The summed E-state index contributed by atoms with van der Waals surface area (Å²) >= 11 is 5.78. The van der Waals surface area contributed by atoms with Crippen molar-refractivity contribution in [2.24, 2.45) is 0 Å². The summed E-state index contributed by atoms with van der Waals surface area (Å²) in [5.74, 6) is 0.353. The van der Waals surface area contributed by atoms with Crippen LogP contribution in [0.1, 0.15) is 16.8 Å². The van der Waals surface area contributed by atoms with Crippen molar-refractivity contribution in [3.8, 4) is 11.5 Å². The van der Waals surface area contributed by atoms with E-state index in [1.807, 2.05) is 0 Å². The molecule has 0 saturated heterocycles. The largest absolute Gasteiger partial charge is 0.508 e. The van der Waals surface area contributed by atoms with E-state index in [1.54, 1.807) is 0 Å². The lowest BCUT2D eigenvalue weighted by Crippen LogP contribution is -2.15. The predicted octanol–water partition coefficient (Wildman–Crippen LogP) is 2.01. The summed E-state index contributed by atoms with van der Waals surface area (Å²) in [5.41, 5.74) is 0.380. The zero-order chi connectivity index (χ0) is 9.42. The van der Waals surface area contributed by atoms with E-state index in [2.05, 4.69) is 0 Å². The number of aromatic hydroxyl groups is 1. The van der Waals surface area contributed by atoms with Crippen molar-refractivity contribution in [3.63, 3.8) is 0 Å². The number of Topliss-reactive ketones (excluding diaryl/α,β-unsaturated/α-hetero) is 1. The summed E-state index contributed by atoms with van der Waals surface area (Å²) < 4.78 is 5.19. The molecule has 0 unspecified atom stereocenters. The van der Waals surface area contributed by atoms with E-state index in [4.69, 9.17) is 16.3 Å². The molecular formula is C9H7ClO3. The van der Waals surface area contributed by atoms with Crippen molar-refractivity contribution >= 4 is 17.4 Å². The van der Waals surface area contributed by atoms with Crippen molar-refractivity contribution in [2.45, 2.75) is 6.42 Å². The Labute approximate surface area is 79.9 Å². The van der Waals surface area contributed by atoms with E-state index in [-0.39, 0.29) is 16.6 Å². The van der Waals surface area contributed by atoms with Gasteiger partial charge in [0.15, 0.2) is 5.78 Å². The summed E-state index contributed by atoms with van der Waals surface area (Å²) in [5, 5.41) is 9.43. The molecule has 1 aromatic rings. The molecule has 0 fully saturated rings. The Morgan fingerprint density at radius 2 is 2.23 bits per heavy atom. The van der Waals surface area contributed by atoms with Crippen molar-refractivity contribution in [1.82, 2.24) is 0 Å².